The van der Waals surface area contributed by atoms with Crippen molar-refractivity contribution in [1.82, 2.24) is 19.3 Å². The highest BCUT2D eigenvalue weighted by molar-refractivity contribution is 6.30. The van der Waals surface area contributed by atoms with Crippen molar-refractivity contribution in [3.05, 3.63) is 130 Å². The van der Waals surface area contributed by atoms with Gasteiger partial charge < -0.3 is 0 Å². The number of hydrogen-bond donors (Lipinski definition) is 0. The van der Waals surface area contributed by atoms with Gasteiger partial charge >= 0.3 is 0 Å². The van der Waals surface area contributed by atoms with Crippen molar-refractivity contribution < 1.29 is 0 Å². The van der Waals surface area contributed by atoms with Gasteiger partial charge in [0.2, 0.25) is 0 Å². The van der Waals surface area contributed by atoms with Gasteiger partial charge in [0, 0.05) is 10.6 Å². The molecule has 0 N–H and O–H groups in total. The Hall–Kier alpha value is -4.48. The van der Waals surface area contributed by atoms with Gasteiger partial charge in [0.15, 0.2) is 5.82 Å². The summed E-state index contributed by atoms with van der Waals surface area (Å²) < 4.78 is 3.49. The molecule has 0 spiro atoms. The first kappa shape index (κ1) is 22.0. The lowest BCUT2D eigenvalue weighted by molar-refractivity contribution is 0.864. The molecular formula is C30H21ClN4O. The van der Waals surface area contributed by atoms with Crippen LogP contribution in [0.5, 0.6) is 0 Å². The summed E-state index contributed by atoms with van der Waals surface area (Å²) in [7, 11) is 0. The van der Waals surface area contributed by atoms with Gasteiger partial charge in [-0.25, -0.2) is 9.67 Å². The van der Waals surface area contributed by atoms with Gasteiger partial charge in [-0.2, -0.15) is 5.10 Å². The van der Waals surface area contributed by atoms with Crippen LogP contribution in [0.4, 0.5) is 0 Å². The van der Waals surface area contributed by atoms with Crippen LogP contribution in [-0.2, 0) is 0 Å². The normalized spacial score (nSPS) is 11.2. The zero-order chi connectivity index (χ0) is 24.6. The molecule has 0 saturated heterocycles. The molecule has 36 heavy (non-hydrogen) atoms. The minimum Gasteiger partial charge on any atom is -0.268 e. The monoisotopic (exact) mass is 488 g/mol. The summed E-state index contributed by atoms with van der Waals surface area (Å²) >= 11 is 6.16. The van der Waals surface area contributed by atoms with Gasteiger partial charge in [-0.15, -0.1) is 0 Å². The van der Waals surface area contributed by atoms with Crippen molar-refractivity contribution >= 4 is 22.5 Å². The SMILES string of the molecule is Cc1ccc(-n2nc(-c3ccccc3)cc2-c2nc3ccccc3c(=O)n2-c2ccc(Cl)cc2)cc1. The summed E-state index contributed by atoms with van der Waals surface area (Å²) in [4.78, 5) is 18.8. The van der Waals surface area contributed by atoms with Crippen molar-refractivity contribution in [1.29, 1.82) is 0 Å². The molecule has 0 aliphatic carbocycles. The predicted octanol–water partition coefficient (Wildman–Crippen LogP) is 6.87. The van der Waals surface area contributed by atoms with E-state index in [1.54, 1.807) is 22.8 Å². The minimum absolute atomic E-state index is 0.157. The van der Waals surface area contributed by atoms with E-state index in [1.807, 2.05) is 103 Å². The van der Waals surface area contributed by atoms with E-state index in [1.165, 1.54) is 0 Å². The second kappa shape index (κ2) is 8.95. The average molecular weight is 489 g/mol. The van der Waals surface area contributed by atoms with Gasteiger partial charge in [0.25, 0.3) is 5.56 Å². The van der Waals surface area contributed by atoms with E-state index in [4.69, 9.17) is 21.7 Å². The Morgan fingerprint density at radius 3 is 2.17 bits per heavy atom. The van der Waals surface area contributed by atoms with Crippen molar-refractivity contribution in [3.63, 3.8) is 0 Å². The van der Waals surface area contributed by atoms with Crippen molar-refractivity contribution in [2.75, 3.05) is 0 Å². The Bertz CT molecular complexity index is 1750. The highest BCUT2D eigenvalue weighted by Crippen LogP contribution is 2.30. The highest BCUT2D eigenvalue weighted by Gasteiger charge is 2.21. The first-order valence-corrected chi connectivity index (χ1v) is 12.0. The average Bonchev–Trinajstić information content (AvgIpc) is 3.36. The Balaban J connectivity index is 1.69. The third kappa shape index (κ3) is 3.89. The topological polar surface area (TPSA) is 52.7 Å². The van der Waals surface area contributed by atoms with E-state index >= 15 is 0 Å². The fourth-order valence-electron chi connectivity index (χ4n) is 4.31. The van der Waals surface area contributed by atoms with E-state index in [0.29, 0.717) is 33.1 Å². The molecule has 174 valence electrons. The molecule has 5 nitrogen and oxygen atoms in total. The first-order chi connectivity index (χ1) is 17.6. The van der Waals surface area contributed by atoms with Crippen LogP contribution in [0, 0.1) is 6.92 Å². The zero-order valence-electron chi connectivity index (χ0n) is 19.5. The summed E-state index contributed by atoms with van der Waals surface area (Å²) in [5.74, 6) is 0.497. The van der Waals surface area contributed by atoms with E-state index in [0.717, 1.165) is 22.5 Å². The van der Waals surface area contributed by atoms with Crippen molar-refractivity contribution in [2.45, 2.75) is 6.92 Å². The molecule has 0 fully saturated rings. The molecule has 0 bridgehead atoms. The molecule has 0 amide bonds. The number of nitrogens with zero attached hydrogens (tertiary/aromatic N) is 4. The Morgan fingerprint density at radius 1 is 0.750 bits per heavy atom. The van der Waals surface area contributed by atoms with E-state index in [-0.39, 0.29) is 5.56 Å². The highest BCUT2D eigenvalue weighted by atomic mass is 35.5. The quantitative estimate of drug-likeness (QED) is 0.272. The lowest BCUT2D eigenvalue weighted by atomic mass is 10.1. The molecular weight excluding hydrogens is 468 g/mol. The van der Waals surface area contributed by atoms with E-state index in [9.17, 15) is 4.79 Å². The predicted molar refractivity (Wildman–Crippen MR) is 145 cm³/mol. The summed E-state index contributed by atoms with van der Waals surface area (Å²) in [5, 5.41) is 6.09. The number of halogens is 1. The minimum atomic E-state index is -0.157. The molecule has 0 unspecified atom stereocenters. The van der Waals surface area contributed by atoms with Gasteiger partial charge in [0.05, 0.1) is 28.0 Å². The van der Waals surface area contributed by atoms with Crippen molar-refractivity contribution in [3.8, 4) is 34.2 Å². The molecule has 0 aliphatic rings. The fraction of sp³-hybridized carbons (Fsp3) is 0.0333. The molecule has 6 rings (SSSR count). The first-order valence-electron chi connectivity index (χ1n) is 11.6. The van der Waals surface area contributed by atoms with Gasteiger partial charge in [-0.3, -0.25) is 9.36 Å². The molecule has 0 aliphatic heterocycles. The third-order valence-corrected chi connectivity index (χ3v) is 6.40. The van der Waals surface area contributed by atoms with Gasteiger partial charge in [-0.05, 0) is 61.5 Å². The molecule has 2 aromatic heterocycles. The summed E-state index contributed by atoms with van der Waals surface area (Å²) in [6.07, 6.45) is 0. The molecule has 6 heteroatoms. The number of fused-ring (bicyclic) bond motifs is 1. The zero-order valence-corrected chi connectivity index (χ0v) is 20.2. The largest absolute Gasteiger partial charge is 0.268 e. The Kier molecular flexibility index (Phi) is 5.47. The van der Waals surface area contributed by atoms with Crippen molar-refractivity contribution in [2.24, 2.45) is 0 Å². The molecule has 0 radical (unpaired) electrons. The van der Waals surface area contributed by atoms with E-state index < -0.39 is 0 Å². The maximum Gasteiger partial charge on any atom is 0.266 e. The van der Waals surface area contributed by atoms with Crippen LogP contribution in [0.2, 0.25) is 5.02 Å². The molecule has 0 atom stereocenters. The van der Waals surface area contributed by atoms with Gasteiger partial charge in [0.1, 0.15) is 5.69 Å². The number of aromatic nitrogens is 4. The van der Waals surface area contributed by atoms with Crippen LogP contribution < -0.4 is 5.56 Å². The number of hydrogen-bond acceptors (Lipinski definition) is 3. The third-order valence-electron chi connectivity index (χ3n) is 6.15. The molecule has 0 saturated carbocycles. The lowest BCUT2D eigenvalue weighted by Gasteiger charge is -2.15. The van der Waals surface area contributed by atoms with Crippen LogP contribution >= 0.6 is 11.6 Å². The Morgan fingerprint density at radius 2 is 1.42 bits per heavy atom. The standard InChI is InChI=1S/C30H21ClN4O/c1-20-11-15-24(16-12-20)35-28(19-27(33-35)21-7-3-2-4-8-21)29-32-26-10-6-5-9-25(26)30(36)34(29)23-17-13-22(31)14-18-23/h2-19H,1H3. The molecule has 2 heterocycles. The van der Waals surface area contributed by atoms with Crippen LogP contribution in [-0.4, -0.2) is 19.3 Å². The molecule has 6 aromatic rings. The van der Waals surface area contributed by atoms with Crippen LogP contribution in [0.15, 0.2) is 114 Å². The summed E-state index contributed by atoms with van der Waals surface area (Å²) in [5.41, 5.74) is 5.64. The van der Waals surface area contributed by atoms with Crippen LogP contribution in [0.25, 0.3) is 45.1 Å². The number of benzene rings is 4. The fourth-order valence-corrected chi connectivity index (χ4v) is 4.43. The number of aryl methyl sites for hydroxylation is 1. The summed E-state index contributed by atoms with van der Waals surface area (Å²) in [6.45, 7) is 2.05. The number of rotatable bonds is 4. The smallest absolute Gasteiger partial charge is 0.266 e. The van der Waals surface area contributed by atoms with Crippen LogP contribution in [0.3, 0.4) is 0 Å². The molecule has 4 aromatic carbocycles. The Labute approximate surface area is 212 Å². The lowest BCUT2D eigenvalue weighted by Crippen LogP contribution is -2.22. The van der Waals surface area contributed by atoms with E-state index in [2.05, 4.69) is 0 Å². The maximum absolute atomic E-state index is 13.8. The second-order valence-electron chi connectivity index (χ2n) is 8.60. The second-order valence-corrected chi connectivity index (χ2v) is 9.03. The maximum atomic E-state index is 13.8. The number of para-hydroxylation sites is 1. The van der Waals surface area contributed by atoms with Crippen LogP contribution in [0.1, 0.15) is 5.56 Å². The summed E-state index contributed by atoms with van der Waals surface area (Å²) in [6, 6.07) is 34.7. The van der Waals surface area contributed by atoms with Gasteiger partial charge in [-0.1, -0.05) is 71.8 Å².